The molecule has 0 aliphatic carbocycles. The molecule has 2 rings (SSSR count). The number of thiophene rings is 1. The molecule has 7 heteroatoms. The third-order valence-electron chi connectivity index (χ3n) is 2.18. The molecule has 88 valence electrons. The zero-order valence-corrected chi connectivity index (χ0v) is 9.31. The second-order valence-electron chi connectivity index (χ2n) is 3.27. The molecule has 0 aromatic carbocycles. The van der Waals surface area contributed by atoms with Crippen LogP contribution in [0.15, 0.2) is 39.4 Å². The summed E-state index contributed by atoms with van der Waals surface area (Å²) in [5.74, 6) is -1.15. The Kier molecular flexibility index (Phi) is 2.92. The molecule has 2 aromatic heterocycles. The lowest BCUT2D eigenvalue weighted by Gasteiger charge is -2.12. The smallest absolute Gasteiger partial charge is 0.332 e. The number of hydrogen-bond acceptors (Lipinski definition) is 4. The number of carboxylic acids is 1. The molecule has 0 saturated heterocycles. The number of hydrogen-bond donors (Lipinski definition) is 2. The van der Waals surface area contributed by atoms with Crippen molar-refractivity contribution in [3.63, 3.8) is 0 Å². The molecule has 0 unspecified atom stereocenters. The van der Waals surface area contributed by atoms with E-state index in [0.29, 0.717) is 4.88 Å². The van der Waals surface area contributed by atoms with Crippen LogP contribution >= 0.6 is 11.3 Å². The number of nitrogens with zero attached hydrogens (tertiary/aromatic N) is 1. The normalized spacial score (nSPS) is 12.2. The predicted molar refractivity (Wildman–Crippen MR) is 61.4 cm³/mol. The maximum absolute atomic E-state index is 11.5. The van der Waals surface area contributed by atoms with Gasteiger partial charge in [-0.2, -0.15) is 0 Å². The third-order valence-corrected chi connectivity index (χ3v) is 3.10. The van der Waals surface area contributed by atoms with Crippen molar-refractivity contribution in [2.75, 3.05) is 0 Å². The molecule has 0 aliphatic heterocycles. The summed E-state index contributed by atoms with van der Waals surface area (Å²) in [6, 6.07) is 3.33. The average molecular weight is 252 g/mol. The molecule has 2 N–H and O–H groups in total. The van der Waals surface area contributed by atoms with Gasteiger partial charge in [0, 0.05) is 17.1 Å². The molecule has 2 heterocycles. The first-order valence-electron chi connectivity index (χ1n) is 4.67. The van der Waals surface area contributed by atoms with Gasteiger partial charge in [-0.1, -0.05) is 6.07 Å². The van der Waals surface area contributed by atoms with Crippen molar-refractivity contribution >= 4 is 17.3 Å². The zero-order chi connectivity index (χ0) is 12.4. The van der Waals surface area contributed by atoms with E-state index in [1.807, 2.05) is 4.98 Å². The van der Waals surface area contributed by atoms with E-state index >= 15 is 0 Å². The van der Waals surface area contributed by atoms with Crippen molar-refractivity contribution in [2.45, 2.75) is 6.04 Å². The van der Waals surface area contributed by atoms with Gasteiger partial charge >= 0.3 is 11.7 Å². The number of nitrogens with one attached hydrogen (secondary N) is 1. The van der Waals surface area contributed by atoms with E-state index in [0.717, 1.165) is 10.6 Å². The van der Waals surface area contributed by atoms with Gasteiger partial charge in [0.2, 0.25) is 0 Å². The van der Waals surface area contributed by atoms with Crippen LogP contribution in [-0.4, -0.2) is 20.6 Å². The SMILES string of the molecule is O=C(O)[C@@H](c1cccs1)n1ccc(=O)[nH]c1=O. The Bertz CT molecular complexity index is 641. The molecule has 0 fully saturated rings. The van der Waals surface area contributed by atoms with Crippen LogP contribution in [0.5, 0.6) is 0 Å². The van der Waals surface area contributed by atoms with E-state index in [-0.39, 0.29) is 0 Å². The standard InChI is InChI=1S/C10H8N2O4S/c13-7-3-4-12(10(16)11-7)8(9(14)15)6-2-1-5-17-6/h1-5,8H,(H,14,15)(H,11,13,16)/t8-/m1/s1. The second kappa shape index (κ2) is 4.38. The fraction of sp³-hybridized carbons (Fsp3) is 0.100. The van der Waals surface area contributed by atoms with Crippen molar-refractivity contribution in [1.29, 1.82) is 0 Å². The van der Waals surface area contributed by atoms with Gasteiger partial charge in [0.25, 0.3) is 5.56 Å². The summed E-state index contributed by atoms with van der Waals surface area (Å²) in [5.41, 5.74) is -1.29. The lowest BCUT2D eigenvalue weighted by atomic mass is 10.2. The molecule has 0 aliphatic rings. The summed E-state index contributed by atoms with van der Waals surface area (Å²) >= 11 is 1.23. The van der Waals surface area contributed by atoms with Gasteiger partial charge in [0.05, 0.1) is 0 Å². The average Bonchev–Trinajstić information content (AvgIpc) is 2.74. The van der Waals surface area contributed by atoms with E-state index < -0.39 is 23.3 Å². The number of aromatic nitrogens is 2. The number of carbonyl (C=O) groups is 1. The summed E-state index contributed by atoms with van der Waals surface area (Å²) < 4.78 is 0.982. The molecule has 17 heavy (non-hydrogen) atoms. The van der Waals surface area contributed by atoms with Crippen LogP contribution in [0, 0.1) is 0 Å². The molecule has 1 atom stereocenters. The molecule has 2 aromatic rings. The maximum atomic E-state index is 11.5. The molecule has 0 radical (unpaired) electrons. The van der Waals surface area contributed by atoms with Crippen molar-refractivity contribution < 1.29 is 9.90 Å². The van der Waals surface area contributed by atoms with Gasteiger partial charge in [-0.15, -0.1) is 11.3 Å². The topological polar surface area (TPSA) is 92.2 Å². The zero-order valence-electron chi connectivity index (χ0n) is 8.49. The van der Waals surface area contributed by atoms with Gasteiger partial charge in [0.1, 0.15) is 0 Å². The summed E-state index contributed by atoms with van der Waals surface area (Å²) in [4.78, 5) is 36.2. The van der Waals surface area contributed by atoms with Crippen LogP contribution in [0.2, 0.25) is 0 Å². The minimum atomic E-state index is -1.15. The first kappa shape index (κ1) is 11.3. The van der Waals surface area contributed by atoms with Gasteiger partial charge in [-0.25, -0.2) is 9.59 Å². The summed E-state index contributed by atoms with van der Waals surface area (Å²) in [6.07, 6.45) is 1.18. The maximum Gasteiger partial charge on any atom is 0.332 e. The van der Waals surface area contributed by atoms with Crippen LogP contribution in [-0.2, 0) is 4.79 Å². The fourth-order valence-electron chi connectivity index (χ4n) is 1.46. The Morgan fingerprint density at radius 3 is 2.71 bits per heavy atom. The van der Waals surface area contributed by atoms with Crippen LogP contribution in [0.4, 0.5) is 0 Å². The molecular formula is C10H8N2O4S. The lowest BCUT2D eigenvalue weighted by Crippen LogP contribution is -2.34. The third kappa shape index (κ3) is 2.18. The number of H-pyrrole nitrogens is 1. The molecule has 6 nitrogen and oxygen atoms in total. The summed E-state index contributed by atoms with van der Waals surface area (Å²) in [6.45, 7) is 0. The highest BCUT2D eigenvalue weighted by molar-refractivity contribution is 7.10. The highest BCUT2D eigenvalue weighted by Crippen LogP contribution is 2.21. The monoisotopic (exact) mass is 252 g/mol. The quantitative estimate of drug-likeness (QED) is 0.820. The lowest BCUT2D eigenvalue weighted by molar-refractivity contribution is -0.139. The molecule has 0 spiro atoms. The van der Waals surface area contributed by atoms with Gasteiger partial charge in [-0.05, 0) is 11.4 Å². The largest absolute Gasteiger partial charge is 0.479 e. The van der Waals surface area contributed by atoms with E-state index in [1.165, 1.54) is 17.5 Å². The molecule has 0 saturated carbocycles. The van der Waals surface area contributed by atoms with Crippen LogP contribution in [0.3, 0.4) is 0 Å². The highest BCUT2D eigenvalue weighted by atomic mass is 32.1. The van der Waals surface area contributed by atoms with E-state index in [1.54, 1.807) is 17.5 Å². The van der Waals surface area contributed by atoms with Crippen LogP contribution < -0.4 is 11.2 Å². The van der Waals surface area contributed by atoms with Crippen molar-refractivity contribution in [3.8, 4) is 0 Å². The number of carboxylic acid groups (broad SMARTS) is 1. The van der Waals surface area contributed by atoms with Crippen LogP contribution in [0.1, 0.15) is 10.9 Å². The minimum absolute atomic E-state index is 0.520. The van der Waals surface area contributed by atoms with Gasteiger partial charge in [0.15, 0.2) is 6.04 Å². The Morgan fingerprint density at radius 2 is 2.18 bits per heavy atom. The minimum Gasteiger partial charge on any atom is -0.479 e. The first-order chi connectivity index (χ1) is 8.09. The molecular weight excluding hydrogens is 244 g/mol. The molecule has 0 bridgehead atoms. The summed E-state index contributed by atoms with van der Waals surface area (Å²) in [5, 5.41) is 10.9. The highest BCUT2D eigenvalue weighted by Gasteiger charge is 2.23. The van der Waals surface area contributed by atoms with Crippen molar-refractivity contribution in [1.82, 2.24) is 9.55 Å². The number of rotatable bonds is 3. The van der Waals surface area contributed by atoms with Crippen molar-refractivity contribution in [2.24, 2.45) is 0 Å². The number of aliphatic carboxylic acids is 1. The van der Waals surface area contributed by atoms with E-state index in [2.05, 4.69) is 0 Å². The first-order valence-corrected chi connectivity index (χ1v) is 5.55. The van der Waals surface area contributed by atoms with Gasteiger partial charge in [-0.3, -0.25) is 14.3 Å². The van der Waals surface area contributed by atoms with Gasteiger partial charge < -0.3 is 5.11 Å². The second-order valence-corrected chi connectivity index (χ2v) is 4.25. The van der Waals surface area contributed by atoms with E-state index in [4.69, 9.17) is 5.11 Å². The van der Waals surface area contributed by atoms with Crippen LogP contribution in [0.25, 0.3) is 0 Å². The Balaban J connectivity index is 2.58. The number of aromatic amines is 1. The van der Waals surface area contributed by atoms with Crippen molar-refractivity contribution in [3.05, 3.63) is 55.5 Å². The molecule has 0 amide bonds. The Labute approximate surface area is 98.8 Å². The van der Waals surface area contributed by atoms with E-state index in [9.17, 15) is 14.4 Å². The Hall–Kier alpha value is -2.15. The fourth-order valence-corrected chi connectivity index (χ4v) is 2.27. The summed E-state index contributed by atoms with van der Waals surface area (Å²) in [7, 11) is 0. The predicted octanol–water partition coefficient (Wildman–Crippen LogP) is 0.272. The Morgan fingerprint density at radius 1 is 1.41 bits per heavy atom.